The number of piperidine rings is 1. The molecule has 0 radical (unpaired) electrons. The van der Waals surface area contributed by atoms with Crippen LogP contribution in [0.25, 0.3) is 0 Å². The van der Waals surface area contributed by atoms with E-state index in [1.165, 1.54) is 28.6 Å². The van der Waals surface area contributed by atoms with Gasteiger partial charge in [-0.2, -0.15) is 13.2 Å². The van der Waals surface area contributed by atoms with Crippen molar-refractivity contribution in [1.29, 1.82) is 0 Å². The SMILES string of the molecule is O=C(Nc1cc(C(F)(F)F)ccc1Cl)c1ccc(CS(=O)(=O)N2CCCCC2)cc1. The van der Waals surface area contributed by atoms with Gasteiger partial charge in [0.1, 0.15) is 0 Å². The maximum Gasteiger partial charge on any atom is 0.416 e. The summed E-state index contributed by atoms with van der Waals surface area (Å²) in [6.07, 6.45) is -1.86. The summed E-state index contributed by atoms with van der Waals surface area (Å²) in [4.78, 5) is 12.4. The number of nitrogens with zero attached hydrogens (tertiary/aromatic N) is 1. The highest BCUT2D eigenvalue weighted by Gasteiger charge is 2.31. The molecule has 1 amide bonds. The highest BCUT2D eigenvalue weighted by Crippen LogP contribution is 2.34. The van der Waals surface area contributed by atoms with Crippen LogP contribution in [-0.4, -0.2) is 31.7 Å². The third-order valence-electron chi connectivity index (χ3n) is 4.82. The molecule has 2 aromatic rings. The molecule has 0 bridgehead atoms. The lowest BCUT2D eigenvalue weighted by atomic mass is 10.1. The molecule has 1 heterocycles. The van der Waals surface area contributed by atoms with E-state index in [1.807, 2.05) is 0 Å². The Kier molecular flexibility index (Phi) is 6.74. The van der Waals surface area contributed by atoms with Crippen LogP contribution in [0.1, 0.15) is 40.7 Å². The van der Waals surface area contributed by atoms with E-state index in [9.17, 15) is 26.4 Å². The Hall–Kier alpha value is -2.10. The van der Waals surface area contributed by atoms with Crippen molar-refractivity contribution < 1.29 is 26.4 Å². The van der Waals surface area contributed by atoms with E-state index in [1.54, 1.807) is 0 Å². The molecule has 30 heavy (non-hydrogen) atoms. The molecule has 0 aromatic heterocycles. The highest BCUT2D eigenvalue weighted by molar-refractivity contribution is 7.88. The Morgan fingerprint density at radius 1 is 1.03 bits per heavy atom. The van der Waals surface area contributed by atoms with Gasteiger partial charge >= 0.3 is 6.18 Å². The molecular formula is C20H20ClF3N2O3S. The van der Waals surface area contributed by atoms with Gasteiger partial charge in [0.2, 0.25) is 10.0 Å². The van der Waals surface area contributed by atoms with E-state index >= 15 is 0 Å². The second-order valence-electron chi connectivity index (χ2n) is 7.06. The Morgan fingerprint density at radius 2 is 1.67 bits per heavy atom. The van der Waals surface area contributed by atoms with Crippen LogP contribution >= 0.6 is 11.6 Å². The maximum atomic E-state index is 12.9. The summed E-state index contributed by atoms with van der Waals surface area (Å²) in [7, 11) is -3.43. The molecule has 0 spiro atoms. The summed E-state index contributed by atoms with van der Waals surface area (Å²) >= 11 is 5.90. The van der Waals surface area contributed by atoms with Crippen molar-refractivity contribution in [3.05, 3.63) is 64.2 Å². The smallest absolute Gasteiger partial charge is 0.321 e. The largest absolute Gasteiger partial charge is 0.416 e. The molecule has 1 N–H and O–H groups in total. The van der Waals surface area contributed by atoms with Gasteiger partial charge < -0.3 is 5.32 Å². The van der Waals surface area contributed by atoms with Crippen LogP contribution < -0.4 is 5.32 Å². The van der Waals surface area contributed by atoms with Crippen LogP contribution in [0.5, 0.6) is 0 Å². The van der Waals surface area contributed by atoms with Crippen molar-refractivity contribution in [2.24, 2.45) is 0 Å². The monoisotopic (exact) mass is 460 g/mol. The van der Waals surface area contributed by atoms with Gasteiger partial charge in [-0.05, 0) is 48.7 Å². The summed E-state index contributed by atoms with van der Waals surface area (Å²) in [5, 5.41) is 2.33. The highest BCUT2D eigenvalue weighted by atomic mass is 35.5. The van der Waals surface area contributed by atoms with Crippen molar-refractivity contribution in [2.75, 3.05) is 18.4 Å². The summed E-state index contributed by atoms with van der Waals surface area (Å²) in [5.74, 6) is -0.824. The molecule has 10 heteroatoms. The van der Waals surface area contributed by atoms with Crippen molar-refractivity contribution in [3.8, 4) is 0 Å². The molecule has 1 saturated heterocycles. The number of carbonyl (C=O) groups is 1. The third kappa shape index (κ3) is 5.53. The van der Waals surface area contributed by atoms with E-state index in [2.05, 4.69) is 5.32 Å². The van der Waals surface area contributed by atoms with Gasteiger partial charge in [-0.3, -0.25) is 4.79 Å². The number of nitrogens with one attached hydrogen (secondary N) is 1. The number of benzene rings is 2. The van der Waals surface area contributed by atoms with Gasteiger partial charge in [0.05, 0.1) is 22.0 Å². The molecule has 0 unspecified atom stereocenters. The van der Waals surface area contributed by atoms with Crippen molar-refractivity contribution in [2.45, 2.75) is 31.2 Å². The second-order valence-corrected chi connectivity index (χ2v) is 9.44. The van der Waals surface area contributed by atoms with E-state index in [0.29, 0.717) is 18.7 Å². The first-order valence-electron chi connectivity index (χ1n) is 9.31. The lowest BCUT2D eigenvalue weighted by Gasteiger charge is -2.25. The minimum Gasteiger partial charge on any atom is -0.321 e. The molecule has 162 valence electrons. The number of halogens is 4. The standard InChI is InChI=1S/C20H20ClF3N2O3S/c21-17-9-8-16(20(22,23)24)12-18(17)25-19(27)15-6-4-14(5-7-15)13-30(28,29)26-10-2-1-3-11-26/h4-9,12H,1-3,10-11,13H2,(H,25,27). The fourth-order valence-corrected chi connectivity index (χ4v) is 4.96. The minimum atomic E-state index is -4.56. The normalized spacial score (nSPS) is 15.7. The Bertz CT molecular complexity index is 1020. The zero-order chi connectivity index (χ0) is 21.9. The van der Waals surface area contributed by atoms with Crippen molar-refractivity contribution in [1.82, 2.24) is 4.31 Å². The predicted octanol–water partition coefficient (Wildman–Crippen LogP) is 4.93. The average Bonchev–Trinajstić information content (AvgIpc) is 2.69. The van der Waals surface area contributed by atoms with Gasteiger partial charge in [0.25, 0.3) is 5.91 Å². The molecule has 2 aromatic carbocycles. The first-order chi connectivity index (χ1) is 14.1. The molecular weight excluding hydrogens is 441 g/mol. The van der Waals surface area contributed by atoms with Crippen LogP contribution in [0.15, 0.2) is 42.5 Å². The lowest BCUT2D eigenvalue weighted by Crippen LogP contribution is -2.36. The zero-order valence-electron chi connectivity index (χ0n) is 15.9. The quantitative estimate of drug-likeness (QED) is 0.688. The molecule has 3 rings (SSSR count). The molecule has 0 atom stereocenters. The number of carbonyl (C=O) groups excluding carboxylic acids is 1. The first kappa shape index (κ1) is 22.6. The second kappa shape index (κ2) is 8.95. The molecule has 0 saturated carbocycles. The van der Waals surface area contributed by atoms with Gasteiger partial charge in [-0.25, -0.2) is 12.7 Å². The van der Waals surface area contributed by atoms with Crippen LogP contribution in [0.4, 0.5) is 18.9 Å². The van der Waals surface area contributed by atoms with Crippen molar-refractivity contribution in [3.63, 3.8) is 0 Å². The third-order valence-corrected chi connectivity index (χ3v) is 7.00. The number of hydrogen-bond donors (Lipinski definition) is 1. The zero-order valence-corrected chi connectivity index (χ0v) is 17.4. The molecule has 0 aliphatic carbocycles. The fraction of sp³-hybridized carbons (Fsp3) is 0.350. The lowest BCUT2D eigenvalue weighted by molar-refractivity contribution is -0.137. The summed E-state index contributed by atoms with van der Waals surface area (Å²) in [6, 6.07) is 8.55. The number of alkyl halides is 3. The minimum absolute atomic E-state index is 0.0272. The molecule has 1 aliphatic rings. The van der Waals surface area contributed by atoms with Crippen molar-refractivity contribution >= 4 is 33.2 Å². The van der Waals surface area contributed by atoms with Crippen LogP contribution in [-0.2, 0) is 22.0 Å². The molecule has 1 aliphatic heterocycles. The molecule has 5 nitrogen and oxygen atoms in total. The van der Waals surface area contributed by atoms with E-state index in [4.69, 9.17) is 11.6 Å². The molecule has 1 fully saturated rings. The van der Waals surface area contributed by atoms with E-state index in [-0.39, 0.29) is 22.0 Å². The predicted molar refractivity (Wildman–Crippen MR) is 109 cm³/mol. The Labute approximate surface area is 177 Å². The summed E-state index contributed by atoms with van der Waals surface area (Å²) < 4.78 is 65.1. The summed E-state index contributed by atoms with van der Waals surface area (Å²) in [5.41, 5.74) is -0.398. The Morgan fingerprint density at radius 3 is 2.27 bits per heavy atom. The van der Waals surface area contributed by atoms with Gasteiger partial charge in [-0.1, -0.05) is 30.2 Å². The summed E-state index contributed by atoms with van der Waals surface area (Å²) in [6.45, 7) is 1.03. The number of sulfonamides is 1. The average molecular weight is 461 g/mol. The van der Waals surface area contributed by atoms with Gasteiger partial charge in [0, 0.05) is 18.7 Å². The fourth-order valence-electron chi connectivity index (χ4n) is 3.19. The van der Waals surface area contributed by atoms with Crippen LogP contribution in [0.3, 0.4) is 0 Å². The van der Waals surface area contributed by atoms with Crippen LogP contribution in [0, 0.1) is 0 Å². The van der Waals surface area contributed by atoms with Crippen LogP contribution in [0.2, 0.25) is 5.02 Å². The number of rotatable bonds is 5. The Balaban J connectivity index is 1.70. The topological polar surface area (TPSA) is 66.5 Å². The van der Waals surface area contributed by atoms with E-state index < -0.39 is 27.7 Å². The van der Waals surface area contributed by atoms with E-state index in [0.717, 1.165) is 37.5 Å². The maximum absolute atomic E-state index is 12.9. The number of hydrogen-bond acceptors (Lipinski definition) is 3. The number of anilines is 1. The van der Waals surface area contributed by atoms with Gasteiger partial charge in [-0.15, -0.1) is 0 Å². The van der Waals surface area contributed by atoms with Gasteiger partial charge in [0.15, 0.2) is 0 Å². The number of amides is 1. The first-order valence-corrected chi connectivity index (χ1v) is 11.3.